The molecule has 0 aliphatic carbocycles. The van der Waals surface area contributed by atoms with Gasteiger partial charge < -0.3 is 31.9 Å². The van der Waals surface area contributed by atoms with Gasteiger partial charge in [-0.3, -0.25) is 19.2 Å². The van der Waals surface area contributed by atoms with Gasteiger partial charge in [-0.05, 0) is 25.2 Å². The Morgan fingerprint density at radius 1 is 0.833 bits per heavy atom. The number of hydrogen-bond acceptors (Lipinski definition) is 6. The summed E-state index contributed by atoms with van der Waals surface area (Å²) >= 11 is 0. The van der Waals surface area contributed by atoms with Gasteiger partial charge >= 0.3 is 11.9 Å². The minimum absolute atomic E-state index is 0.295. The van der Waals surface area contributed by atoms with Crippen molar-refractivity contribution >= 4 is 29.7 Å². The highest BCUT2D eigenvalue weighted by Gasteiger charge is 2.33. The molecule has 7 N–H and O–H groups in total. The lowest BCUT2D eigenvalue weighted by molar-refractivity contribution is -0.143. The van der Waals surface area contributed by atoms with E-state index >= 15 is 0 Å². The predicted octanol–water partition coefficient (Wildman–Crippen LogP) is -0.560. The zero-order chi connectivity index (χ0) is 23.6. The molecule has 0 aromatic rings. The van der Waals surface area contributed by atoms with Gasteiger partial charge in [-0.1, -0.05) is 34.1 Å². The highest BCUT2D eigenvalue weighted by Crippen LogP contribution is 2.11. The van der Waals surface area contributed by atoms with Crippen molar-refractivity contribution < 1.29 is 34.2 Å². The maximum Gasteiger partial charge on any atom is 0.326 e. The molecular formula is C19H34N4O7. The quantitative estimate of drug-likeness (QED) is 0.224. The zero-order valence-electron chi connectivity index (χ0n) is 18.1. The number of rotatable bonds is 13. The smallest absolute Gasteiger partial charge is 0.326 e. The number of nitrogens with two attached hydrogens (primary N) is 1. The van der Waals surface area contributed by atoms with Crippen molar-refractivity contribution in [2.24, 2.45) is 17.6 Å². The van der Waals surface area contributed by atoms with Gasteiger partial charge in [0, 0.05) is 6.42 Å². The van der Waals surface area contributed by atoms with Gasteiger partial charge in [-0.25, -0.2) is 4.79 Å². The molecule has 0 bridgehead atoms. The average Bonchev–Trinajstić information content (AvgIpc) is 2.65. The Kier molecular flexibility index (Phi) is 11.6. The molecule has 0 aromatic heterocycles. The molecule has 3 amide bonds. The van der Waals surface area contributed by atoms with Crippen LogP contribution >= 0.6 is 0 Å². The molecule has 0 saturated heterocycles. The van der Waals surface area contributed by atoms with Crippen molar-refractivity contribution in [1.29, 1.82) is 0 Å². The van der Waals surface area contributed by atoms with Crippen molar-refractivity contribution in [2.45, 2.75) is 78.0 Å². The van der Waals surface area contributed by atoms with Gasteiger partial charge in [0.25, 0.3) is 0 Å². The van der Waals surface area contributed by atoms with Gasteiger partial charge in [-0.15, -0.1) is 0 Å². The molecule has 0 aliphatic rings. The Bertz CT molecular complexity index is 636. The van der Waals surface area contributed by atoms with E-state index in [9.17, 15) is 29.1 Å². The topological polar surface area (TPSA) is 188 Å². The zero-order valence-corrected chi connectivity index (χ0v) is 18.1. The molecule has 11 heteroatoms. The number of nitrogens with one attached hydrogen (secondary N) is 3. The van der Waals surface area contributed by atoms with Crippen molar-refractivity contribution in [1.82, 2.24) is 16.0 Å². The molecule has 11 nitrogen and oxygen atoms in total. The number of aliphatic carboxylic acids is 2. The van der Waals surface area contributed by atoms with E-state index in [-0.39, 0.29) is 18.3 Å². The fourth-order valence-corrected chi connectivity index (χ4v) is 2.55. The van der Waals surface area contributed by atoms with Crippen LogP contribution in [0.25, 0.3) is 0 Å². The van der Waals surface area contributed by atoms with E-state index in [2.05, 4.69) is 16.0 Å². The third-order valence-electron chi connectivity index (χ3n) is 4.72. The van der Waals surface area contributed by atoms with Crippen LogP contribution in [-0.2, 0) is 24.0 Å². The summed E-state index contributed by atoms with van der Waals surface area (Å²) < 4.78 is 0. The van der Waals surface area contributed by atoms with Gasteiger partial charge in [0.15, 0.2) is 0 Å². The second-order valence-corrected chi connectivity index (χ2v) is 7.72. The number of carboxylic acid groups (broad SMARTS) is 2. The van der Waals surface area contributed by atoms with Gasteiger partial charge in [0.1, 0.15) is 18.1 Å². The van der Waals surface area contributed by atoms with Crippen LogP contribution in [0.1, 0.15) is 53.9 Å². The molecule has 0 rings (SSSR count). The second-order valence-electron chi connectivity index (χ2n) is 7.72. The van der Waals surface area contributed by atoms with Crippen LogP contribution in [0.2, 0.25) is 0 Å². The first-order valence-electron chi connectivity index (χ1n) is 9.93. The Morgan fingerprint density at radius 2 is 1.33 bits per heavy atom. The maximum absolute atomic E-state index is 12.8. The van der Waals surface area contributed by atoms with Gasteiger partial charge in [-0.2, -0.15) is 0 Å². The number of carbonyl (C=O) groups is 5. The normalized spacial score (nSPS) is 16.0. The lowest BCUT2D eigenvalue weighted by Crippen LogP contribution is -2.59. The van der Waals surface area contributed by atoms with E-state index in [1.165, 1.54) is 6.92 Å². The average molecular weight is 431 g/mol. The summed E-state index contributed by atoms with van der Waals surface area (Å²) in [6.07, 6.45) is -0.225. The third-order valence-corrected chi connectivity index (χ3v) is 4.72. The summed E-state index contributed by atoms with van der Waals surface area (Å²) in [5, 5.41) is 25.4. The predicted molar refractivity (Wildman–Crippen MR) is 108 cm³/mol. The van der Waals surface area contributed by atoms with E-state index in [1.807, 2.05) is 0 Å². The van der Waals surface area contributed by atoms with Crippen LogP contribution in [0.5, 0.6) is 0 Å². The summed E-state index contributed by atoms with van der Waals surface area (Å²) in [6.45, 7) is 8.42. The lowest BCUT2D eigenvalue weighted by Gasteiger charge is -2.29. The van der Waals surface area contributed by atoms with Crippen LogP contribution < -0.4 is 21.7 Å². The summed E-state index contributed by atoms with van der Waals surface area (Å²) in [6, 6.07) is -4.23. The Labute approximate surface area is 176 Å². The van der Waals surface area contributed by atoms with E-state index in [1.54, 1.807) is 27.7 Å². The van der Waals surface area contributed by atoms with Crippen LogP contribution in [0.15, 0.2) is 0 Å². The summed E-state index contributed by atoms with van der Waals surface area (Å²) in [7, 11) is 0. The molecule has 30 heavy (non-hydrogen) atoms. The molecule has 172 valence electrons. The lowest BCUT2D eigenvalue weighted by atomic mass is 9.96. The first-order valence-corrected chi connectivity index (χ1v) is 9.93. The van der Waals surface area contributed by atoms with E-state index in [0.717, 1.165) is 0 Å². The van der Waals surface area contributed by atoms with Crippen molar-refractivity contribution in [3.63, 3.8) is 0 Å². The molecule has 0 saturated carbocycles. The van der Waals surface area contributed by atoms with Crippen LogP contribution in [0, 0.1) is 11.8 Å². The monoisotopic (exact) mass is 430 g/mol. The Morgan fingerprint density at radius 3 is 1.73 bits per heavy atom. The molecule has 0 heterocycles. The Hall–Kier alpha value is -2.69. The molecule has 0 aromatic carbocycles. The van der Waals surface area contributed by atoms with E-state index in [0.29, 0.717) is 6.42 Å². The highest BCUT2D eigenvalue weighted by molar-refractivity contribution is 5.94. The van der Waals surface area contributed by atoms with Gasteiger partial charge in [0.05, 0.1) is 6.04 Å². The standard InChI is InChI=1S/C19H34N4O7/c1-6-10(4)15(18(28)21-12(19(29)30)7-8-13(24)25)23-17(27)14(9(2)3)22-16(26)11(5)20/h9-12,14-15H,6-8,20H2,1-5H3,(H,21,28)(H,22,26)(H,23,27)(H,24,25)(H,29,30). The van der Waals surface area contributed by atoms with Crippen molar-refractivity contribution in [3.8, 4) is 0 Å². The first-order chi connectivity index (χ1) is 13.8. The first kappa shape index (κ1) is 27.3. The largest absolute Gasteiger partial charge is 0.481 e. The second kappa shape index (κ2) is 12.8. The van der Waals surface area contributed by atoms with Gasteiger partial charge in [0.2, 0.25) is 17.7 Å². The van der Waals surface area contributed by atoms with Crippen molar-refractivity contribution in [2.75, 3.05) is 0 Å². The molecule has 0 fully saturated rings. The Balaban J connectivity index is 5.44. The molecule has 5 atom stereocenters. The molecule has 0 spiro atoms. The number of carbonyl (C=O) groups excluding carboxylic acids is 3. The van der Waals surface area contributed by atoms with E-state index < -0.39 is 60.2 Å². The molecule has 0 radical (unpaired) electrons. The number of amides is 3. The summed E-state index contributed by atoms with van der Waals surface area (Å²) in [5.74, 6) is -5.06. The molecule has 5 unspecified atom stereocenters. The minimum atomic E-state index is -1.41. The van der Waals surface area contributed by atoms with Crippen LogP contribution in [-0.4, -0.2) is 64.0 Å². The fraction of sp³-hybridized carbons (Fsp3) is 0.737. The maximum atomic E-state index is 12.8. The number of carboxylic acids is 2. The van der Waals surface area contributed by atoms with Crippen LogP contribution in [0.4, 0.5) is 0 Å². The fourth-order valence-electron chi connectivity index (χ4n) is 2.55. The van der Waals surface area contributed by atoms with Crippen molar-refractivity contribution in [3.05, 3.63) is 0 Å². The summed E-state index contributed by atoms with van der Waals surface area (Å²) in [4.78, 5) is 59.5. The highest BCUT2D eigenvalue weighted by atomic mass is 16.4. The minimum Gasteiger partial charge on any atom is -0.481 e. The molecular weight excluding hydrogens is 396 g/mol. The SMILES string of the molecule is CCC(C)C(NC(=O)C(NC(=O)C(C)N)C(C)C)C(=O)NC(CCC(=O)O)C(=O)O. The molecule has 0 aliphatic heterocycles. The van der Waals surface area contributed by atoms with Crippen LogP contribution in [0.3, 0.4) is 0 Å². The summed E-state index contributed by atoms with van der Waals surface area (Å²) in [5.41, 5.74) is 5.53. The third kappa shape index (κ3) is 9.21. The van der Waals surface area contributed by atoms with E-state index in [4.69, 9.17) is 10.8 Å². The number of hydrogen-bond donors (Lipinski definition) is 6.